The van der Waals surface area contributed by atoms with E-state index in [1.54, 1.807) is 7.11 Å². The van der Waals surface area contributed by atoms with E-state index in [-0.39, 0.29) is 46.6 Å². The molecular formula is C51H67NO6. The SMILES string of the molecule is COc1ccc(C(=O)C2=C[C@@]34C=C[C@@]25[C@@H]2CC[C@@](O)(CN(C[C@@H](O)COCc6ccccc6)CC67CC8CC(CC(C8)C6)C7)[C@@]2(C)CC[C@@H]5[C@@]3(C)CCC(O)C4)cc1. The Balaban J connectivity index is 0.975. The summed E-state index contributed by atoms with van der Waals surface area (Å²) in [6, 6.07) is 17.7. The van der Waals surface area contributed by atoms with Gasteiger partial charge in [0.1, 0.15) is 5.75 Å². The average Bonchev–Trinajstić information content (AvgIpc) is 3.46. The van der Waals surface area contributed by atoms with Crippen LogP contribution in [0.3, 0.4) is 0 Å². The van der Waals surface area contributed by atoms with Crippen LogP contribution in [-0.2, 0) is 11.3 Å². The number of rotatable bonds is 13. The maximum Gasteiger partial charge on any atom is 0.189 e. The number of ether oxygens (including phenoxy) is 2. The summed E-state index contributed by atoms with van der Waals surface area (Å²) < 4.78 is 11.6. The second kappa shape index (κ2) is 14.1. The highest BCUT2D eigenvalue weighted by Gasteiger charge is 2.74. The van der Waals surface area contributed by atoms with Crippen molar-refractivity contribution < 1.29 is 29.6 Å². The van der Waals surface area contributed by atoms with Gasteiger partial charge in [0, 0.05) is 47.0 Å². The minimum Gasteiger partial charge on any atom is -0.497 e. The number of carbonyl (C=O) groups excluding carboxylic acids is 1. The Labute approximate surface area is 346 Å². The van der Waals surface area contributed by atoms with Crippen molar-refractivity contribution in [2.45, 2.75) is 122 Å². The fourth-order valence-corrected chi connectivity index (χ4v) is 16.2. The number of hydrogen-bond donors (Lipinski definition) is 3. The number of carbonyl (C=O) groups is 1. The predicted molar refractivity (Wildman–Crippen MR) is 225 cm³/mol. The lowest BCUT2D eigenvalue weighted by atomic mass is 9.32. The largest absolute Gasteiger partial charge is 0.497 e. The standard InChI is InChI=1S/C51H67NO6/c1-46-16-13-39(53)27-49(46)19-20-51(42(28-49)45(55)38-9-11-41(57-3)12-10-38)43(46)14-17-47(2)44(51)15-18-50(47,56)33-52(29-40(54)31-58-30-34-7-5-4-6-8-34)32-48-24-35-21-36(25-48)23-37(22-35)26-48/h4-12,19-20,28,35-37,39-40,43-44,53-54,56H,13-18,21-27,29-33H2,1-3H3/t35?,36?,37?,39?,40-,43-,44-,46-,47+,48?,49+,50-,51-/m1/s1. The quantitative estimate of drug-likeness (QED) is 0.138. The number of ketones is 1. The van der Waals surface area contributed by atoms with Gasteiger partial charge in [0.15, 0.2) is 5.78 Å². The molecule has 2 aromatic carbocycles. The molecule has 6 bridgehead atoms. The van der Waals surface area contributed by atoms with Crippen LogP contribution in [0.2, 0.25) is 0 Å². The third kappa shape index (κ3) is 6.02. The van der Waals surface area contributed by atoms with E-state index >= 15 is 4.79 Å². The van der Waals surface area contributed by atoms with Crippen LogP contribution >= 0.6 is 0 Å². The first-order valence-electron chi connectivity index (χ1n) is 22.9. The lowest BCUT2D eigenvalue weighted by Crippen LogP contribution is -2.67. The van der Waals surface area contributed by atoms with Crippen molar-refractivity contribution in [3.8, 4) is 5.75 Å². The van der Waals surface area contributed by atoms with Gasteiger partial charge in [0.25, 0.3) is 0 Å². The maximum atomic E-state index is 15.1. The van der Waals surface area contributed by atoms with Crippen molar-refractivity contribution >= 4 is 5.78 Å². The molecule has 0 amide bonds. The van der Waals surface area contributed by atoms with Crippen LogP contribution in [0.25, 0.3) is 0 Å². The number of methoxy groups -OCH3 is 1. The monoisotopic (exact) mass is 789 g/mol. The summed E-state index contributed by atoms with van der Waals surface area (Å²) >= 11 is 0. The second-order valence-electron chi connectivity index (χ2n) is 21.6. The zero-order valence-corrected chi connectivity index (χ0v) is 35.2. The Morgan fingerprint density at radius 2 is 1.48 bits per heavy atom. The highest BCUT2D eigenvalue weighted by Crippen LogP contribution is 2.78. The molecule has 10 aliphatic carbocycles. The zero-order chi connectivity index (χ0) is 40.1. The lowest BCUT2D eigenvalue weighted by molar-refractivity contribution is -0.179. The van der Waals surface area contributed by atoms with Crippen molar-refractivity contribution in [3.63, 3.8) is 0 Å². The Morgan fingerprint density at radius 3 is 2.17 bits per heavy atom. The minimum absolute atomic E-state index is 0.0697. The van der Waals surface area contributed by atoms with Gasteiger partial charge in [-0.1, -0.05) is 62.4 Å². The molecule has 2 spiro atoms. The van der Waals surface area contributed by atoms with Crippen molar-refractivity contribution in [1.29, 1.82) is 0 Å². The topological polar surface area (TPSA) is 99.5 Å². The van der Waals surface area contributed by atoms with Crippen LogP contribution in [0.1, 0.15) is 113 Å². The summed E-state index contributed by atoms with van der Waals surface area (Å²) in [6.45, 7) is 7.47. The van der Waals surface area contributed by atoms with Crippen LogP contribution in [0.4, 0.5) is 0 Å². The van der Waals surface area contributed by atoms with Gasteiger partial charge < -0.3 is 24.8 Å². The fraction of sp³-hybridized carbons (Fsp3) is 0.667. The summed E-state index contributed by atoms with van der Waals surface area (Å²) in [6.07, 6.45) is 19.8. The first-order valence-corrected chi connectivity index (χ1v) is 22.9. The molecule has 7 heteroatoms. The number of fused-ring (bicyclic) bond motifs is 1. The van der Waals surface area contributed by atoms with Crippen LogP contribution in [0, 0.1) is 56.7 Å². The Bertz CT molecular complexity index is 1910. The summed E-state index contributed by atoms with van der Waals surface area (Å²) in [5, 5.41) is 36.3. The van der Waals surface area contributed by atoms with E-state index < -0.39 is 22.5 Å². The molecule has 7 saturated carbocycles. The molecule has 9 atom stereocenters. The van der Waals surface area contributed by atoms with Gasteiger partial charge >= 0.3 is 0 Å². The predicted octanol–water partition coefficient (Wildman–Crippen LogP) is 8.57. The number of Topliss-reactive ketones (excluding diaryl/α,β-unsaturated/α-hetero) is 1. The molecule has 0 aliphatic heterocycles. The van der Waals surface area contributed by atoms with Crippen LogP contribution in [0.15, 0.2) is 78.4 Å². The number of aliphatic hydroxyl groups is 3. The number of allylic oxidation sites excluding steroid dienone is 4. The summed E-state index contributed by atoms with van der Waals surface area (Å²) in [5.74, 6) is 3.59. The molecule has 12 rings (SSSR count). The van der Waals surface area contributed by atoms with E-state index in [2.05, 4.69) is 49.1 Å². The molecule has 0 heterocycles. The van der Waals surface area contributed by atoms with Crippen molar-refractivity contribution in [3.05, 3.63) is 89.5 Å². The number of benzene rings is 2. The molecule has 2 aromatic rings. The first kappa shape index (κ1) is 39.3. The fourth-order valence-electron chi connectivity index (χ4n) is 16.2. The van der Waals surface area contributed by atoms with Crippen LogP contribution in [-0.4, -0.2) is 77.2 Å². The van der Waals surface area contributed by atoms with Crippen molar-refractivity contribution in [2.24, 2.45) is 56.7 Å². The van der Waals surface area contributed by atoms with E-state index in [1.807, 2.05) is 42.5 Å². The molecule has 0 radical (unpaired) electrons. The van der Waals surface area contributed by atoms with E-state index in [1.165, 1.54) is 38.5 Å². The Hall–Kier alpha value is -2.81. The summed E-state index contributed by atoms with van der Waals surface area (Å²) in [4.78, 5) is 17.5. The maximum absolute atomic E-state index is 15.1. The Kier molecular flexibility index (Phi) is 9.58. The van der Waals surface area contributed by atoms with Crippen molar-refractivity contribution in [1.82, 2.24) is 4.90 Å². The zero-order valence-electron chi connectivity index (χ0n) is 35.2. The van der Waals surface area contributed by atoms with E-state index in [9.17, 15) is 15.3 Å². The van der Waals surface area contributed by atoms with Gasteiger partial charge in [-0.15, -0.1) is 0 Å². The normalized spacial score (nSPS) is 43.5. The first-order chi connectivity index (χ1) is 27.8. The molecule has 0 aromatic heterocycles. The van der Waals surface area contributed by atoms with Crippen molar-refractivity contribution in [2.75, 3.05) is 33.4 Å². The van der Waals surface area contributed by atoms with Gasteiger partial charge in [-0.05, 0) is 154 Å². The van der Waals surface area contributed by atoms with E-state index in [0.717, 1.165) is 73.3 Å². The highest BCUT2D eigenvalue weighted by atomic mass is 16.5. The third-order valence-corrected chi connectivity index (χ3v) is 18.4. The van der Waals surface area contributed by atoms with Gasteiger partial charge in [0.2, 0.25) is 0 Å². The lowest BCUT2D eigenvalue weighted by Gasteiger charge is -2.71. The van der Waals surface area contributed by atoms with Gasteiger partial charge in [-0.3, -0.25) is 9.69 Å². The second-order valence-corrected chi connectivity index (χ2v) is 21.6. The number of aliphatic hydroxyl groups excluding tert-OH is 2. The van der Waals surface area contributed by atoms with Gasteiger partial charge in [-0.25, -0.2) is 0 Å². The minimum atomic E-state index is -0.984. The highest BCUT2D eigenvalue weighted by molar-refractivity contribution is 6.10. The van der Waals surface area contributed by atoms with E-state index in [4.69, 9.17) is 9.47 Å². The molecule has 10 aliphatic rings. The van der Waals surface area contributed by atoms with E-state index in [0.29, 0.717) is 38.1 Å². The Morgan fingerprint density at radius 1 is 0.828 bits per heavy atom. The molecule has 3 N–H and O–H groups in total. The van der Waals surface area contributed by atoms with Crippen LogP contribution < -0.4 is 4.74 Å². The number of hydrogen-bond acceptors (Lipinski definition) is 7. The molecule has 7 fully saturated rings. The molecule has 0 saturated heterocycles. The van der Waals surface area contributed by atoms with Gasteiger partial charge in [0.05, 0.1) is 38.1 Å². The molecule has 7 nitrogen and oxygen atoms in total. The van der Waals surface area contributed by atoms with Crippen LogP contribution in [0.5, 0.6) is 5.75 Å². The molecular weight excluding hydrogens is 723 g/mol. The average molecular weight is 790 g/mol. The molecule has 1 unspecified atom stereocenters. The third-order valence-electron chi connectivity index (χ3n) is 18.4. The number of nitrogens with zero attached hydrogens (tertiary/aromatic N) is 1. The molecule has 58 heavy (non-hydrogen) atoms. The summed E-state index contributed by atoms with van der Waals surface area (Å²) in [5.41, 5.74) is 0.517. The van der Waals surface area contributed by atoms with Gasteiger partial charge in [-0.2, -0.15) is 0 Å². The molecule has 312 valence electrons. The smallest absolute Gasteiger partial charge is 0.189 e. The summed E-state index contributed by atoms with van der Waals surface area (Å²) in [7, 11) is 1.65.